The SMILES string of the molecule is CC1CNC(CC(=O)O)CN(c2ccccc2Br)C1. The molecule has 19 heavy (non-hydrogen) atoms. The van der Waals surface area contributed by atoms with Crippen LogP contribution in [0.2, 0.25) is 0 Å². The molecule has 2 unspecified atom stereocenters. The van der Waals surface area contributed by atoms with E-state index in [0.29, 0.717) is 5.92 Å². The first-order chi connectivity index (χ1) is 9.06. The molecule has 1 aliphatic heterocycles. The molecule has 0 saturated carbocycles. The lowest BCUT2D eigenvalue weighted by molar-refractivity contribution is -0.137. The van der Waals surface area contributed by atoms with Crippen LogP contribution in [0.4, 0.5) is 5.69 Å². The molecule has 4 nitrogen and oxygen atoms in total. The van der Waals surface area contributed by atoms with Crippen LogP contribution in [-0.2, 0) is 4.79 Å². The van der Waals surface area contributed by atoms with E-state index in [1.54, 1.807) is 0 Å². The monoisotopic (exact) mass is 326 g/mol. The van der Waals surface area contributed by atoms with Crippen molar-refractivity contribution < 1.29 is 9.90 Å². The summed E-state index contributed by atoms with van der Waals surface area (Å²) < 4.78 is 1.05. The molecule has 1 aromatic rings. The summed E-state index contributed by atoms with van der Waals surface area (Å²) in [6.45, 7) is 4.70. The fourth-order valence-electron chi connectivity index (χ4n) is 2.47. The number of benzene rings is 1. The zero-order chi connectivity index (χ0) is 13.8. The second-order valence-electron chi connectivity index (χ2n) is 5.16. The van der Waals surface area contributed by atoms with Gasteiger partial charge in [-0.1, -0.05) is 19.1 Å². The molecule has 1 saturated heterocycles. The Morgan fingerprint density at radius 1 is 1.47 bits per heavy atom. The largest absolute Gasteiger partial charge is 0.481 e. The molecule has 0 radical (unpaired) electrons. The van der Waals surface area contributed by atoms with E-state index in [9.17, 15) is 4.79 Å². The Labute approximate surface area is 121 Å². The number of hydrogen-bond donors (Lipinski definition) is 2. The van der Waals surface area contributed by atoms with E-state index in [2.05, 4.69) is 39.1 Å². The number of aliphatic carboxylic acids is 1. The Morgan fingerprint density at radius 3 is 2.89 bits per heavy atom. The van der Waals surface area contributed by atoms with Crippen LogP contribution >= 0.6 is 15.9 Å². The first-order valence-electron chi connectivity index (χ1n) is 6.51. The van der Waals surface area contributed by atoms with Gasteiger partial charge in [0.15, 0.2) is 0 Å². The van der Waals surface area contributed by atoms with E-state index < -0.39 is 5.97 Å². The van der Waals surface area contributed by atoms with Crippen LogP contribution in [0.1, 0.15) is 13.3 Å². The van der Waals surface area contributed by atoms with E-state index >= 15 is 0 Å². The van der Waals surface area contributed by atoms with E-state index in [4.69, 9.17) is 5.11 Å². The van der Waals surface area contributed by atoms with Crippen molar-refractivity contribution in [2.75, 3.05) is 24.5 Å². The maximum atomic E-state index is 10.9. The number of nitrogens with zero attached hydrogens (tertiary/aromatic N) is 1. The predicted octanol–water partition coefficient (Wildman–Crippen LogP) is 2.34. The molecular weight excluding hydrogens is 308 g/mol. The minimum atomic E-state index is -0.751. The number of para-hydroxylation sites is 1. The fraction of sp³-hybridized carbons (Fsp3) is 0.500. The van der Waals surface area contributed by atoms with Crippen LogP contribution in [0, 0.1) is 5.92 Å². The van der Waals surface area contributed by atoms with Crippen LogP contribution in [-0.4, -0.2) is 36.8 Å². The van der Waals surface area contributed by atoms with Crippen LogP contribution in [0.25, 0.3) is 0 Å². The number of rotatable bonds is 3. The summed E-state index contributed by atoms with van der Waals surface area (Å²) in [6.07, 6.45) is 0.160. The maximum absolute atomic E-state index is 10.9. The first-order valence-corrected chi connectivity index (χ1v) is 7.30. The van der Waals surface area contributed by atoms with E-state index in [0.717, 1.165) is 29.8 Å². The van der Waals surface area contributed by atoms with Crippen molar-refractivity contribution >= 4 is 27.6 Å². The molecule has 1 aromatic carbocycles. The molecule has 104 valence electrons. The number of carboxylic acids is 1. The van der Waals surface area contributed by atoms with Gasteiger partial charge in [0.1, 0.15) is 0 Å². The quantitative estimate of drug-likeness (QED) is 0.895. The average Bonchev–Trinajstić information content (AvgIpc) is 2.51. The van der Waals surface area contributed by atoms with Crippen molar-refractivity contribution in [1.29, 1.82) is 0 Å². The van der Waals surface area contributed by atoms with Crippen molar-refractivity contribution in [2.24, 2.45) is 5.92 Å². The summed E-state index contributed by atoms with van der Waals surface area (Å²) in [5, 5.41) is 12.3. The minimum absolute atomic E-state index is 0.00504. The molecule has 0 aliphatic carbocycles. The molecule has 0 spiro atoms. The van der Waals surface area contributed by atoms with Gasteiger partial charge < -0.3 is 15.3 Å². The molecule has 5 heteroatoms. The third kappa shape index (κ3) is 3.94. The number of carbonyl (C=O) groups is 1. The predicted molar refractivity (Wildman–Crippen MR) is 79.6 cm³/mol. The highest BCUT2D eigenvalue weighted by atomic mass is 79.9. The van der Waals surface area contributed by atoms with Crippen LogP contribution < -0.4 is 10.2 Å². The molecule has 0 aromatic heterocycles. The van der Waals surface area contributed by atoms with Crippen molar-refractivity contribution in [3.8, 4) is 0 Å². The highest BCUT2D eigenvalue weighted by molar-refractivity contribution is 9.10. The fourth-order valence-corrected chi connectivity index (χ4v) is 3.00. The number of nitrogens with one attached hydrogen (secondary N) is 1. The summed E-state index contributed by atoms with van der Waals surface area (Å²) in [7, 11) is 0. The third-order valence-corrected chi connectivity index (χ3v) is 4.01. The van der Waals surface area contributed by atoms with Gasteiger partial charge in [0.2, 0.25) is 0 Å². The molecule has 1 fully saturated rings. The molecule has 1 aliphatic rings. The lowest BCUT2D eigenvalue weighted by Crippen LogP contribution is -2.39. The van der Waals surface area contributed by atoms with E-state index in [-0.39, 0.29) is 12.5 Å². The van der Waals surface area contributed by atoms with Crippen LogP contribution in [0.15, 0.2) is 28.7 Å². The van der Waals surface area contributed by atoms with Gasteiger partial charge in [0.25, 0.3) is 0 Å². The van der Waals surface area contributed by atoms with Gasteiger partial charge in [-0.3, -0.25) is 4.79 Å². The van der Waals surface area contributed by atoms with E-state index in [1.165, 1.54) is 0 Å². The lowest BCUT2D eigenvalue weighted by Gasteiger charge is -2.27. The molecular formula is C14H19BrN2O2. The Bertz CT molecular complexity index is 453. The molecule has 0 bridgehead atoms. The van der Waals surface area contributed by atoms with Crippen LogP contribution in [0.5, 0.6) is 0 Å². The molecule has 2 N–H and O–H groups in total. The zero-order valence-electron chi connectivity index (χ0n) is 11.0. The minimum Gasteiger partial charge on any atom is -0.481 e. The topological polar surface area (TPSA) is 52.6 Å². The highest BCUT2D eigenvalue weighted by Gasteiger charge is 2.24. The van der Waals surface area contributed by atoms with Crippen LogP contribution in [0.3, 0.4) is 0 Å². The van der Waals surface area contributed by atoms with Gasteiger partial charge in [-0.2, -0.15) is 0 Å². The van der Waals surface area contributed by atoms with Gasteiger partial charge in [-0.05, 0) is 40.5 Å². The molecule has 1 heterocycles. The highest BCUT2D eigenvalue weighted by Crippen LogP contribution is 2.27. The van der Waals surface area contributed by atoms with Crippen molar-refractivity contribution in [3.63, 3.8) is 0 Å². The Morgan fingerprint density at radius 2 is 2.21 bits per heavy atom. The van der Waals surface area contributed by atoms with Crippen molar-refractivity contribution in [2.45, 2.75) is 19.4 Å². The zero-order valence-corrected chi connectivity index (χ0v) is 12.6. The van der Waals surface area contributed by atoms with E-state index in [1.807, 2.05) is 18.2 Å². The average molecular weight is 327 g/mol. The summed E-state index contributed by atoms with van der Waals surface area (Å²) >= 11 is 3.57. The Kier molecular flexibility index (Phi) is 4.82. The number of anilines is 1. The summed E-state index contributed by atoms with van der Waals surface area (Å²) in [5.74, 6) is -0.259. The van der Waals surface area contributed by atoms with Gasteiger partial charge in [-0.15, -0.1) is 0 Å². The van der Waals surface area contributed by atoms with Gasteiger partial charge in [-0.25, -0.2) is 0 Å². The molecule has 2 atom stereocenters. The second kappa shape index (κ2) is 6.39. The number of halogens is 1. The van der Waals surface area contributed by atoms with Crippen molar-refractivity contribution in [1.82, 2.24) is 5.32 Å². The Hall–Kier alpha value is -1.07. The normalized spacial score (nSPS) is 24.0. The smallest absolute Gasteiger partial charge is 0.304 e. The Balaban J connectivity index is 2.17. The third-order valence-electron chi connectivity index (χ3n) is 3.34. The number of carboxylic acid groups (broad SMARTS) is 1. The van der Waals surface area contributed by atoms with Crippen molar-refractivity contribution in [3.05, 3.63) is 28.7 Å². The maximum Gasteiger partial charge on any atom is 0.304 e. The molecule has 2 rings (SSSR count). The summed E-state index contributed by atoms with van der Waals surface area (Å²) in [5.41, 5.74) is 1.13. The number of hydrogen-bond acceptors (Lipinski definition) is 3. The summed E-state index contributed by atoms with van der Waals surface area (Å²) in [4.78, 5) is 13.2. The van der Waals surface area contributed by atoms with Gasteiger partial charge in [0, 0.05) is 23.6 Å². The second-order valence-corrected chi connectivity index (χ2v) is 6.02. The molecule has 0 amide bonds. The standard InChI is InChI=1S/C14H19BrN2O2/c1-10-7-16-11(6-14(18)19)9-17(8-10)13-5-3-2-4-12(13)15/h2-5,10-11,16H,6-9H2,1H3,(H,18,19). The first kappa shape index (κ1) is 14.3. The summed E-state index contributed by atoms with van der Waals surface area (Å²) in [6, 6.07) is 8.08. The van der Waals surface area contributed by atoms with Gasteiger partial charge >= 0.3 is 5.97 Å². The lowest BCUT2D eigenvalue weighted by atomic mass is 10.1. The van der Waals surface area contributed by atoms with Gasteiger partial charge in [0.05, 0.1) is 12.1 Å².